The van der Waals surface area contributed by atoms with Crippen molar-refractivity contribution in [1.29, 1.82) is 0 Å². The predicted molar refractivity (Wildman–Crippen MR) is 83.1 cm³/mol. The molecule has 6 atom stereocenters. The van der Waals surface area contributed by atoms with E-state index in [0.717, 1.165) is 25.0 Å². The largest absolute Gasteiger partial charge is 0.497 e. The minimum Gasteiger partial charge on any atom is -0.497 e. The first-order valence-corrected chi connectivity index (χ1v) is 8.63. The van der Waals surface area contributed by atoms with Crippen LogP contribution in [0.25, 0.3) is 0 Å². The van der Waals surface area contributed by atoms with Gasteiger partial charge < -0.3 is 14.6 Å². The third-order valence-corrected chi connectivity index (χ3v) is 7.31. The quantitative estimate of drug-likeness (QED) is 0.811. The molecule has 0 aromatic heterocycles. The van der Waals surface area contributed by atoms with Gasteiger partial charge in [0.25, 0.3) is 0 Å². The molecule has 1 aromatic carbocycles. The fourth-order valence-corrected chi connectivity index (χ4v) is 6.10. The number of rotatable bonds is 1. The number of aliphatic hydroxyl groups excluding tert-OH is 1. The number of benzene rings is 1. The summed E-state index contributed by atoms with van der Waals surface area (Å²) in [6.45, 7) is 2.27. The van der Waals surface area contributed by atoms with Crippen molar-refractivity contribution in [3.8, 4) is 5.75 Å². The number of fused-ring (bicyclic) bond motifs is 3. The Hall–Kier alpha value is -1.06. The molecular formula is C19H24O3. The van der Waals surface area contributed by atoms with Gasteiger partial charge in [0, 0.05) is 11.8 Å². The fourth-order valence-electron chi connectivity index (χ4n) is 6.10. The minimum absolute atomic E-state index is 0.0250. The zero-order chi connectivity index (χ0) is 15.1. The van der Waals surface area contributed by atoms with Crippen molar-refractivity contribution in [2.24, 2.45) is 11.3 Å². The Kier molecular flexibility index (Phi) is 2.47. The highest BCUT2D eigenvalue weighted by Crippen LogP contribution is 2.72. The van der Waals surface area contributed by atoms with Gasteiger partial charge in [-0.2, -0.15) is 0 Å². The van der Waals surface area contributed by atoms with Gasteiger partial charge in [-0.25, -0.2) is 0 Å². The molecule has 4 aliphatic rings. The van der Waals surface area contributed by atoms with Crippen LogP contribution in [-0.4, -0.2) is 30.0 Å². The maximum Gasteiger partial charge on any atom is 0.119 e. The normalized spacial score (nSPS) is 48.0. The molecule has 6 unspecified atom stereocenters. The molecule has 0 radical (unpaired) electrons. The summed E-state index contributed by atoms with van der Waals surface area (Å²) in [7, 11) is 1.74. The van der Waals surface area contributed by atoms with Gasteiger partial charge in [0.15, 0.2) is 0 Å². The smallest absolute Gasteiger partial charge is 0.119 e. The highest BCUT2D eigenvalue weighted by Gasteiger charge is 2.79. The van der Waals surface area contributed by atoms with E-state index in [-0.39, 0.29) is 17.1 Å². The molecular weight excluding hydrogens is 276 g/mol. The van der Waals surface area contributed by atoms with Crippen LogP contribution < -0.4 is 4.74 Å². The molecule has 0 amide bonds. The first-order valence-electron chi connectivity index (χ1n) is 8.63. The SMILES string of the molecule is COc1ccc2c(c1)CCC1C2CCC2(C)C(O)CC3OC312. The lowest BCUT2D eigenvalue weighted by molar-refractivity contribution is -0.0810. The summed E-state index contributed by atoms with van der Waals surface area (Å²) in [6, 6.07) is 6.58. The molecule has 1 aromatic rings. The summed E-state index contributed by atoms with van der Waals surface area (Å²) in [5.74, 6) is 2.14. The van der Waals surface area contributed by atoms with Crippen LogP contribution in [0.2, 0.25) is 0 Å². The van der Waals surface area contributed by atoms with Crippen LogP contribution in [-0.2, 0) is 11.2 Å². The maximum atomic E-state index is 10.5. The molecule has 1 N–H and O–H groups in total. The molecule has 1 spiro atoms. The van der Waals surface area contributed by atoms with Crippen LogP contribution >= 0.6 is 0 Å². The molecule has 1 heterocycles. The van der Waals surface area contributed by atoms with Crippen molar-refractivity contribution in [2.75, 3.05) is 7.11 Å². The lowest BCUT2D eigenvalue weighted by Gasteiger charge is -2.50. The molecule has 5 rings (SSSR count). The lowest BCUT2D eigenvalue weighted by atomic mass is 9.54. The van der Waals surface area contributed by atoms with E-state index in [2.05, 4.69) is 25.1 Å². The first kappa shape index (κ1) is 13.4. The van der Waals surface area contributed by atoms with Crippen molar-refractivity contribution >= 4 is 0 Å². The summed E-state index contributed by atoms with van der Waals surface area (Å²) in [5.41, 5.74) is 2.90. The average molecular weight is 300 g/mol. The number of methoxy groups -OCH3 is 1. The lowest BCUT2D eigenvalue weighted by Crippen LogP contribution is -2.52. The van der Waals surface area contributed by atoms with E-state index < -0.39 is 0 Å². The highest BCUT2D eigenvalue weighted by atomic mass is 16.6. The number of epoxide rings is 1. The van der Waals surface area contributed by atoms with Gasteiger partial charge in [0.1, 0.15) is 11.4 Å². The summed E-state index contributed by atoms with van der Waals surface area (Å²) >= 11 is 0. The number of hydrogen-bond donors (Lipinski definition) is 1. The Labute approximate surface area is 131 Å². The zero-order valence-corrected chi connectivity index (χ0v) is 13.3. The van der Waals surface area contributed by atoms with Crippen LogP contribution in [0.15, 0.2) is 18.2 Å². The van der Waals surface area contributed by atoms with E-state index in [1.165, 1.54) is 24.0 Å². The van der Waals surface area contributed by atoms with E-state index in [1.807, 2.05) is 0 Å². The summed E-state index contributed by atoms with van der Waals surface area (Å²) in [5, 5.41) is 10.5. The molecule has 1 aliphatic heterocycles. The van der Waals surface area contributed by atoms with E-state index in [1.54, 1.807) is 7.11 Å². The van der Waals surface area contributed by atoms with Gasteiger partial charge in [-0.3, -0.25) is 0 Å². The molecule has 2 saturated carbocycles. The Bertz CT molecular complexity index is 642. The second-order valence-corrected chi connectivity index (χ2v) is 7.92. The zero-order valence-electron chi connectivity index (χ0n) is 13.3. The number of ether oxygens (including phenoxy) is 2. The standard InChI is InChI=1S/C19H24O3/c1-18-8-7-14-13-5-4-12(21-2)9-11(13)3-6-15(14)19(18)17(22-19)10-16(18)20/h4-5,9,14-17,20H,3,6-8,10H2,1-2H3. The van der Waals surface area contributed by atoms with Crippen molar-refractivity contribution in [3.05, 3.63) is 29.3 Å². The molecule has 3 nitrogen and oxygen atoms in total. The van der Waals surface area contributed by atoms with Crippen molar-refractivity contribution < 1.29 is 14.6 Å². The Morgan fingerprint density at radius 1 is 1.32 bits per heavy atom. The summed E-state index contributed by atoms with van der Waals surface area (Å²) in [4.78, 5) is 0. The molecule has 22 heavy (non-hydrogen) atoms. The number of aryl methyl sites for hydroxylation is 1. The van der Waals surface area contributed by atoms with Crippen molar-refractivity contribution in [2.45, 2.75) is 62.8 Å². The fraction of sp³-hybridized carbons (Fsp3) is 0.684. The Morgan fingerprint density at radius 3 is 3.00 bits per heavy atom. The highest BCUT2D eigenvalue weighted by molar-refractivity contribution is 5.43. The van der Waals surface area contributed by atoms with E-state index in [9.17, 15) is 5.11 Å². The van der Waals surface area contributed by atoms with Gasteiger partial charge in [0.2, 0.25) is 0 Å². The average Bonchev–Trinajstić information content (AvgIpc) is 3.19. The molecule has 3 fully saturated rings. The molecule has 3 heteroatoms. The number of hydrogen-bond acceptors (Lipinski definition) is 3. The van der Waals surface area contributed by atoms with Gasteiger partial charge in [-0.15, -0.1) is 0 Å². The third kappa shape index (κ3) is 1.36. The van der Waals surface area contributed by atoms with E-state index in [4.69, 9.17) is 9.47 Å². The van der Waals surface area contributed by atoms with Crippen LogP contribution in [0, 0.1) is 11.3 Å². The Morgan fingerprint density at radius 2 is 2.18 bits per heavy atom. The molecule has 0 bridgehead atoms. The van der Waals surface area contributed by atoms with E-state index >= 15 is 0 Å². The van der Waals surface area contributed by atoms with Gasteiger partial charge in [-0.05, 0) is 60.8 Å². The minimum atomic E-state index is -0.176. The number of aliphatic hydroxyl groups is 1. The second-order valence-electron chi connectivity index (χ2n) is 7.92. The molecule has 1 saturated heterocycles. The topological polar surface area (TPSA) is 42.0 Å². The second kappa shape index (κ2) is 4.07. The first-order chi connectivity index (χ1) is 10.6. The predicted octanol–water partition coefficient (Wildman–Crippen LogP) is 3.04. The van der Waals surface area contributed by atoms with Crippen molar-refractivity contribution in [3.63, 3.8) is 0 Å². The van der Waals surface area contributed by atoms with E-state index in [0.29, 0.717) is 17.9 Å². The van der Waals surface area contributed by atoms with Gasteiger partial charge in [0.05, 0.1) is 19.3 Å². The van der Waals surface area contributed by atoms with Gasteiger partial charge in [-0.1, -0.05) is 13.0 Å². The van der Waals surface area contributed by atoms with Crippen LogP contribution in [0.1, 0.15) is 49.7 Å². The maximum absolute atomic E-state index is 10.5. The summed E-state index contributed by atoms with van der Waals surface area (Å²) < 4.78 is 11.6. The molecule has 3 aliphatic carbocycles. The third-order valence-electron chi connectivity index (χ3n) is 7.31. The van der Waals surface area contributed by atoms with Crippen LogP contribution in [0.4, 0.5) is 0 Å². The summed E-state index contributed by atoms with van der Waals surface area (Å²) in [6.07, 6.45) is 5.52. The van der Waals surface area contributed by atoms with Crippen molar-refractivity contribution in [1.82, 2.24) is 0 Å². The Balaban J connectivity index is 1.56. The monoisotopic (exact) mass is 300 g/mol. The molecule has 118 valence electrons. The van der Waals surface area contributed by atoms with Crippen LogP contribution in [0.5, 0.6) is 5.75 Å². The van der Waals surface area contributed by atoms with Crippen LogP contribution in [0.3, 0.4) is 0 Å². The van der Waals surface area contributed by atoms with Gasteiger partial charge >= 0.3 is 0 Å².